The van der Waals surface area contributed by atoms with Crippen molar-refractivity contribution in [2.45, 2.75) is 20.8 Å². The maximum atomic E-state index is 4.78. The highest BCUT2D eigenvalue weighted by Crippen LogP contribution is 1.48. The van der Waals surface area contributed by atoms with Crippen molar-refractivity contribution in [3.8, 4) is 36.0 Å². The molecule has 48 valence electrons. The van der Waals surface area contributed by atoms with Gasteiger partial charge in [-0.2, -0.15) is 0 Å². The van der Waals surface area contributed by atoms with Gasteiger partial charge < -0.3 is 0 Å². The Morgan fingerprint density at radius 1 is 1.11 bits per heavy atom. The second kappa shape index (κ2) is 15.9. The molecule has 9 heavy (non-hydrogen) atoms. The summed E-state index contributed by atoms with van der Waals surface area (Å²) in [7, 11) is 0. The summed E-state index contributed by atoms with van der Waals surface area (Å²) in [6.45, 7) is 5.71. The lowest BCUT2D eigenvalue weighted by atomic mass is 10.5. The standard InChI is InChI=1S/C7H4.C2H6.H2/c1-3-5-7-6-4-2;1-2;/h1H,2H3;1-2H3;1H. The van der Waals surface area contributed by atoms with Crippen molar-refractivity contribution >= 4 is 0 Å². The summed E-state index contributed by atoms with van der Waals surface area (Å²) in [5.74, 6) is 12.0. The molecule has 0 spiro atoms. The van der Waals surface area contributed by atoms with Gasteiger partial charge in [0.1, 0.15) is 0 Å². The van der Waals surface area contributed by atoms with E-state index >= 15 is 0 Å². The molecular weight excluding hydrogens is 108 g/mol. The fraction of sp³-hybridized carbons (Fsp3) is 0.333. The lowest BCUT2D eigenvalue weighted by Crippen LogP contribution is -1.46. The molecule has 0 radical (unpaired) electrons. The van der Waals surface area contributed by atoms with Gasteiger partial charge in [-0.15, -0.1) is 6.42 Å². The maximum Gasteiger partial charge on any atom is 0 e. The number of terminal acetylenes is 1. The first-order valence-electron chi connectivity index (χ1n) is 2.79. The minimum absolute atomic E-state index is 0. The number of hydrogen-bond donors (Lipinski definition) is 0. The third kappa shape index (κ3) is 20.4. The number of rotatable bonds is 0. The fourth-order valence-electron chi connectivity index (χ4n) is 0.130. The van der Waals surface area contributed by atoms with Gasteiger partial charge in [0.2, 0.25) is 0 Å². The zero-order valence-electron chi connectivity index (χ0n) is 6.08. The van der Waals surface area contributed by atoms with Gasteiger partial charge in [-0.25, -0.2) is 0 Å². The average molecular weight is 120 g/mol. The molecular formula is C9H12. The normalized spacial score (nSPS) is 3.33. The third-order valence-corrected chi connectivity index (χ3v) is 0.322. The van der Waals surface area contributed by atoms with E-state index in [2.05, 4.69) is 29.6 Å². The smallest absolute Gasteiger partial charge is 0 e. The maximum absolute atomic E-state index is 4.78. The summed E-state index contributed by atoms with van der Waals surface area (Å²) >= 11 is 0. The van der Waals surface area contributed by atoms with Crippen molar-refractivity contribution in [3.05, 3.63) is 0 Å². The molecule has 0 aromatic carbocycles. The summed E-state index contributed by atoms with van der Waals surface area (Å²) in [4.78, 5) is 0. The summed E-state index contributed by atoms with van der Waals surface area (Å²) in [5.41, 5.74) is 0. The Labute approximate surface area is 59.1 Å². The highest BCUT2D eigenvalue weighted by molar-refractivity contribution is 5.33. The molecule has 0 amide bonds. The minimum atomic E-state index is 0. The van der Waals surface area contributed by atoms with E-state index in [1.54, 1.807) is 6.92 Å². The third-order valence-electron chi connectivity index (χ3n) is 0.322. The lowest BCUT2D eigenvalue weighted by molar-refractivity contribution is 1.50. The van der Waals surface area contributed by atoms with Crippen LogP contribution in [0, 0.1) is 36.0 Å². The van der Waals surface area contributed by atoms with Crippen LogP contribution in [0.15, 0.2) is 0 Å². The van der Waals surface area contributed by atoms with Crippen molar-refractivity contribution in [1.29, 1.82) is 0 Å². The Bertz CT molecular complexity index is 187. The van der Waals surface area contributed by atoms with Crippen molar-refractivity contribution in [3.63, 3.8) is 0 Å². The van der Waals surface area contributed by atoms with Gasteiger partial charge in [-0.3, -0.25) is 0 Å². The largest absolute Gasteiger partial charge is 0.106 e. The summed E-state index contributed by atoms with van der Waals surface area (Å²) in [6.07, 6.45) is 4.78. The Hall–Kier alpha value is -1.32. The van der Waals surface area contributed by atoms with Gasteiger partial charge in [0, 0.05) is 1.43 Å². The molecule has 0 rings (SSSR count). The van der Waals surface area contributed by atoms with Crippen molar-refractivity contribution in [2.24, 2.45) is 0 Å². The summed E-state index contributed by atoms with van der Waals surface area (Å²) < 4.78 is 0. The Morgan fingerprint density at radius 2 is 1.67 bits per heavy atom. The first-order chi connectivity index (χ1) is 4.41. The highest BCUT2D eigenvalue weighted by atomic mass is 13.5. The van der Waals surface area contributed by atoms with Crippen LogP contribution in [-0.4, -0.2) is 0 Å². The van der Waals surface area contributed by atoms with Crippen LogP contribution in [-0.2, 0) is 0 Å². The Balaban J connectivity index is -0.000000149. The molecule has 0 heteroatoms. The fourth-order valence-corrected chi connectivity index (χ4v) is 0.130. The SMILES string of the molecule is C#CC#CC#CC.CC.[HH]. The second-order valence-corrected chi connectivity index (χ2v) is 0.769. The molecule has 0 bridgehead atoms. The Kier molecular flexibility index (Phi) is 18.8. The Morgan fingerprint density at radius 3 is 2.00 bits per heavy atom. The topological polar surface area (TPSA) is 0 Å². The van der Waals surface area contributed by atoms with Crippen molar-refractivity contribution in [2.75, 3.05) is 0 Å². The van der Waals surface area contributed by atoms with Crippen LogP contribution in [0.1, 0.15) is 22.2 Å². The van der Waals surface area contributed by atoms with Crippen molar-refractivity contribution in [1.82, 2.24) is 0 Å². The molecule has 0 saturated heterocycles. The van der Waals surface area contributed by atoms with E-state index in [4.69, 9.17) is 6.42 Å². The van der Waals surface area contributed by atoms with E-state index in [0.717, 1.165) is 0 Å². The summed E-state index contributed by atoms with van der Waals surface area (Å²) in [6, 6.07) is 0. The molecule has 0 fully saturated rings. The van der Waals surface area contributed by atoms with Crippen LogP contribution in [0.5, 0.6) is 0 Å². The molecule has 0 aliphatic rings. The second-order valence-electron chi connectivity index (χ2n) is 0.769. The van der Waals surface area contributed by atoms with E-state index in [1.807, 2.05) is 13.8 Å². The van der Waals surface area contributed by atoms with Crippen LogP contribution >= 0.6 is 0 Å². The number of hydrogen-bond acceptors (Lipinski definition) is 0. The molecule has 0 nitrogen and oxygen atoms in total. The predicted molar refractivity (Wildman–Crippen MR) is 43.5 cm³/mol. The molecule has 0 heterocycles. The zero-order chi connectivity index (χ0) is 7.54. The molecule has 0 aliphatic heterocycles. The van der Waals surface area contributed by atoms with Gasteiger partial charge in [-0.1, -0.05) is 19.8 Å². The van der Waals surface area contributed by atoms with E-state index in [-0.39, 0.29) is 1.43 Å². The van der Waals surface area contributed by atoms with Gasteiger partial charge in [0.15, 0.2) is 0 Å². The van der Waals surface area contributed by atoms with Crippen molar-refractivity contribution < 1.29 is 1.43 Å². The molecule has 0 aliphatic carbocycles. The summed E-state index contributed by atoms with van der Waals surface area (Å²) in [5, 5.41) is 0. The molecule has 0 atom stereocenters. The predicted octanol–water partition coefficient (Wildman–Crippen LogP) is 1.92. The van der Waals surface area contributed by atoms with Gasteiger partial charge >= 0.3 is 0 Å². The van der Waals surface area contributed by atoms with Crippen LogP contribution in [0.2, 0.25) is 0 Å². The quantitative estimate of drug-likeness (QED) is 0.428. The van der Waals surface area contributed by atoms with Crippen LogP contribution in [0.25, 0.3) is 0 Å². The van der Waals surface area contributed by atoms with E-state index in [9.17, 15) is 0 Å². The lowest BCUT2D eigenvalue weighted by Gasteiger charge is -1.49. The first kappa shape index (κ1) is 10.6. The molecule has 0 N–H and O–H groups in total. The van der Waals surface area contributed by atoms with E-state index in [1.165, 1.54) is 0 Å². The first-order valence-corrected chi connectivity index (χ1v) is 2.79. The van der Waals surface area contributed by atoms with Gasteiger partial charge in [-0.05, 0) is 30.6 Å². The van der Waals surface area contributed by atoms with E-state index in [0.29, 0.717) is 0 Å². The minimum Gasteiger partial charge on any atom is -0.106 e. The molecule has 0 unspecified atom stereocenters. The highest BCUT2D eigenvalue weighted by Gasteiger charge is 1.45. The molecule has 0 saturated carbocycles. The average Bonchev–Trinajstić information content (AvgIpc) is 1.94. The van der Waals surface area contributed by atoms with Gasteiger partial charge in [0.25, 0.3) is 0 Å². The molecule has 0 aromatic rings. The van der Waals surface area contributed by atoms with E-state index < -0.39 is 0 Å². The van der Waals surface area contributed by atoms with Crippen LogP contribution in [0.3, 0.4) is 0 Å². The van der Waals surface area contributed by atoms with Crippen LogP contribution < -0.4 is 0 Å². The molecule has 0 aromatic heterocycles. The van der Waals surface area contributed by atoms with Gasteiger partial charge in [0.05, 0.1) is 0 Å². The van der Waals surface area contributed by atoms with Crippen LogP contribution in [0.4, 0.5) is 0 Å². The zero-order valence-corrected chi connectivity index (χ0v) is 6.08. The monoisotopic (exact) mass is 120 g/mol.